The average molecular weight is 288 g/mol. The highest BCUT2D eigenvalue weighted by molar-refractivity contribution is 5.24. The van der Waals surface area contributed by atoms with E-state index in [0.717, 1.165) is 19.3 Å². The Bertz CT molecular complexity index is 506. The first-order valence-electron chi connectivity index (χ1n) is 8.69. The highest BCUT2D eigenvalue weighted by Gasteiger charge is 2.63. The normalized spacial score (nSPS) is 53.9. The van der Waals surface area contributed by atoms with E-state index >= 15 is 0 Å². The van der Waals surface area contributed by atoms with E-state index in [1.807, 2.05) is 0 Å². The summed E-state index contributed by atoms with van der Waals surface area (Å²) in [5.74, 6) is 1.11. The van der Waals surface area contributed by atoms with Crippen molar-refractivity contribution in [3.8, 4) is 0 Å². The summed E-state index contributed by atoms with van der Waals surface area (Å²) in [7, 11) is 0. The number of allylic oxidation sites excluding steroid dienone is 4. The van der Waals surface area contributed by atoms with Crippen LogP contribution in [0.4, 0.5) is 0 Å². The second-order valence-corrected chi connectivity index (χ2v) is 8.48. The van der Waals surface area contributed by atoms with E-state index < -0.39 is 5.79 Å². The number of hydrogen-bond donors (Lipinski definition) is 2. The van der Waals surface area contributed by atoms with Gasteiger partial charge in [-0.15, -0.1) is 0 Å². The van der Waals surface area contributed by atoms with Crippen LogP contribution in [0, 0.1) is 34.5 Å². The van der Waals surface area contributed by atoms with Gasteiger partial charge in [-0.05, 0) is 61.2 Å². The molecular weight excluding hydrogens is 260 g/mol. The minimum absolute atomic E-state index is 0.286. The zero-order valence-electron chi connectivity index (χ0n) is 13.3. The van der Waals surface area contributed by atoms with Crippen LogP contribution >= 0.6 is 0 Å². The molecule has 4 aliphatic carbocycles. The Morgan fingerprint density at radius 3 is 2.48 bits per heavy atom. The first kappa shape index (κ1) is 14.0. The maximum Gasteiger partial charge on any atom is 0.168 e. The zero-order chi connectivity index (χ0) is 14.9. The minimum Gasteiger partial charge on any atom is -0.365 e. The molecule has 6 atom stereocenters. The van der Waals surface area contributed by atoms with Crippen molar-refractivity contribution in [3.05, 3.63) is 24.3 Å². The van der Waals surface area contributed by atoms with Gasteiger partial charge in [0.1, 0.15) is 0 Å². The minimum atomic E-state index is -1.44. The molecule has 0 aromatic rings. The summed E-state index contributed by atoms with van der Waals surface area (Å²) in [4.78, 5) is 0. The maximum atomic E-state index is 10.5. The van der Waals surface area contributed by atoms with Crippen molar-refractivity contribution in [1.82, 2.24) is 0 Å². The summed E-state index contributed by atoms with van der Waals surface area (Å²) in [6.45, 7) is 4.57. The van der Waals surface area contributed by atoms with Crippen LogP contribution < -0.4 is 0 Å². The SMILES string of the molecule is C[C@]12C=CC=CC1CC[C@@H]1[C@H]2CC[C@@]2(C)[C@H]1CCC2(O)O. The van der Waals surface area contributed by atoms with Gasteiger partial charge in [0.25, 0.3) is 0 Å². The molecule has 0 aromatic carbocycles. The van der Waals surface area contributed by atoms with E-state index in [1.165, 1.54) is 12.8 Å². The molecule has 1 unspecified atom stereocenters. The summed E-state index contributed by atoms with van der Waals surface area (Å²) in [5.41, 5.74) is 0.000736. The molecule has 0 aromatic heterocycles. The monoisotopic (exact) mass is 288 g/mol. The Morgan fingerprint density at radius 1 is 0.905 bits per heavy atom. The zero-order valence-corrected chi connectivity index (χ0v) is 13.3. The molecule has 0 spiro atoms. The molecule has 0 radical (unpaired) electrons. The lowest BCUT2D eigenvalue weighted by atomic mass is 9.47. The Kier molecular flexibility index (Phi) is 2.83. The van der Waals surface area contributed by atoms with Crippen LogP contribution in [0.5, 0.6) is 0 Å². The molecule has 4 rings (SSSR count). The van der Waals surface area contributed by atoms with Crippen molar-refractivity contribution in [2.45, 2.75) is 58.2 Å². The lowest BCUT2D eigenvalue weighted by Crippen LogP contribution is -2.55. The summed E-state index contributed by atoms with van der Waals surface area (Å²) in [6.07, 6.45) is 15.5. The van der Waals surface area contributed by atoms with Gasteiger partial charge in [0.2, 0.25) is 0 Å². The van der Waals surface area contributed by atoms with Gasteiger partial charge in [0, 0.05) is 11.8 Å². The standard InChI is InChI=1S/C19H28O2/c1-17-10-4-3-5-13(17)6-7-14-15(17)8-11-18(2)16(14)9-12-19(18,20)21/h3-5,10,13-16,20-21H,6-9,11-12H2,1-2H3/t13?,14-,15-,16+,17+,18+/m1/s1. The van der Waals surface area contributed by atoms with Crippen LogP contribution in [-0.4, -0.2) is 16.0 Å². The Morgan fingerprint density at radius 2 is 1.67 bits per heavy atom. The predicted molar refractivity (Wildman–Crippen MR) is 83.3 cm³/mol. The third kappa shape index (κ3) is 1.66. The van der Waals surface area contributed by atoms with Gasteiger partial charge in [0.15, 0.2) is 5.79 Å². The van der Waals surface area contributed by atoms with Crippen molar-refractivity contribution in [3.63, 3.8) is 0 Å². The fourth-order valence-electron chi connectivity index (χ4n) is 6.42. The molecular formula is C19H28O2. The molecule has 0 saturated heterocycles. The average Bonchev–Trinajstić information content (AvgIpc) is 2.69. The molecule has 116 valence electrons. The second-order valence-electron chi connectivity index (χ2n) is 8.48. The predicted octanol–water partition coefficient (Wildman–Crippen LogP) is 3.65. The largest absolute Gasteiger partial charge is 0.365 e. The molecule has 3 saturated carbocycles. The van der Waals surface area contributed by atoms with Crippen LogP contribution in [0.3, 0.4) is 0 Å². The Balaban J connectivity index is 1.69. The molecule has 2 heteroatoms. The third-order valence-corrected chi connectivity index (χ3v) is 7.86. The summed E-state index contributed by atoms with van der Waals surface area (Å²) >= 11 is 0. The van der Waals surface area contributed by atoms with E-state index in [0.29, 0.717) is 30.1 Å². The van der Waals surface area contributed by atoms with Crippen molar-refractivity contribution in [1.29, 1.82) is 0 Å². The second kappa shape index (κ2) is 4.23. The molecule has 0 bridgehead atoms. The highest BCUT2D eigenvalue weighted by atomic mass is 16.5. The molecule has 0 aliphatic heterocycles. The van der Waals surface area contributed by atoms with Crippen molar-refractivity contribution < 1.29 is 10.2 Å². The van der Waals surface area contributed by atoms with Crippen LogP contribution in [0.15, 0.2) is 24.3 Å². The molecule has 2 N–H and O–H groups in total. The van der Waals surface area contributed by atoms with E-state index in [9.17, 15) is 10.2 Å². The summed E-state index contributed by atoms with van der Waals surface area (Å²) in [5, 5.41) is 20.9. The van der Waals surface area contributed by atoms with Crippen molar-refractivity contribution >= 4 is 0 Å². The first-order valence-corrected chi connectivity index (χ1v) is 8.69. The number of hydrogen-bond acceptors (Lipinski definition) is 2. The van der Waals surface area contributed by atoms with E-state index in [2.05, 4.69) is 38.2 Å². The lowest BCUT2D eigenvalue weighted by Gasteiger charge is -2.58. The molecule has 0 amide bonds. The van der Waals surface area contributed by atoms with Crippen LogP contribution in [0.1, 0.15) is 52.4 Å². The Hall–Kier alpha value is -0.600. The summed E-state index contributed by atoms with van der Waals surface area (Å²) < 4.78 is 0. The number of aliphatic hydroxyl groups is 2. The quantitative estimate of drug-likeness (QED) is 0.668. The van der Waals surface area contributed by atoms with Crippen molar-refractivity contribution in [2.24, 2.45) is 34.5 Å². The van der Waals surface area contributed by atoms with E-state index in [-0.39, 0.29) is 10.8 Å². The molecule has 3 fully saturated rings. The van der Waals surface area contributed by atoms with Gasteiger partial charge in [-0.3, -0.25) is 0 Å². The van der Waals surface area contributed by atoms with Crippen LogP contribution in [-0.2, 0) is 0 Å². The number of rotatable bonds is 0. The number of fused-ring (bicyclic) bond motifs is 5. The molecule has 21 heavy (non-hydrogen) atoms. The third-order valence-electron chi connectivity index (χ3n) is 7.86. The van der Waals surface area contributed by atoms with Crippen molar-refractivity contribution in [2.75, 3.05) is 0 Å². The Labute approximate surface area is 127 Å². The smallest absolute Gasteiger partial charge is 0.168 e. The molecule has 4 aliphatic rings. The van der Waals surface area contributed by atoms with Crippen LogP contribution in [0.25, 0.3) is 0 Å². The molecule has 2 nitrogen and oxygen atoms in total. The maximum absolute atomic E-state index is 10.5. The fraction of sp³-hybridized carbons (Fsp3) is 0.789. The first-order chi connectivity index (χ1) is 9.88. The molecule has 0 heterocycles. The van der Waals surface area contributed by atoms with Crippen LogP contribution in [0.2, 0.25) is 0 Å². The topological polar surface area (TPSA) is 40.5 Å². The van der Waals surface area contributed by atoms with Gasteiger partial charge in [-0.25, -0.2) is 0 Å². The van der Waals surface area contributed by atoms with Gasteiger partial charge in [0.05, 0.1) is 0 Å². The summed E-state index contributed by atoms with van der Waals surface area (Å²) in [6, 6.07) is 0. The lowest BCUT2D eigenvalue weighted by molar-refractivity contribution is -0.248. The van der Waals surface area contributed by atoms with E-state index in [1.54, 1.807) is 0 Å². The van der Waals surface area contributed by atoms with Gasteiger partial charge >= 0.3 is 0 Å². The van der Waals surface area contributed by atoms with Gasteiger partial charge in [-0.2, -0.15) is 0 Å². The fourth-order valence-corrected chi connectivity index (χ4v) is 6.42. The van der Waals surface area contributed by atoms with E-state index in [4.69, 9.17) is 0 Å². The van der Waals surface area contributed by atoms with Gasteiger partial charge < -0.3 is 10.2 Å². The highest BCUT2D eigenvalue weighted by Crippen LogP contribution is 2.66. The van der Waals surface area contributed by atoms with Gasteiger partial charge in [-0.1, -0.05) is 38.2 Å².